The predicted octanol–water partition coefficient (Wildman–Crippen LogP) is 4.94. The van der Waals surface area contributed by atoms with E-state index in [1.807, 2.05) is 0 Å². The van der Waals surface area contributed by atoms with Crippen LogP contribution in [-0.4, -0.2) is 57.7 Å². The molecular weight excluding hydrogens is 416 g/mol. The molecule has 0 aliphatic rings. The van der Waals surface area contributed by atoms with Crippen molar-refractivity contribution in [1.82, 2.24) is 0 Å². The summed E-state index contributed by atoms with van der Waals surface area (Å²) >= 11 is 0. The molecule has 1 unspecified atom stereocenters. The Kier molecular flexibility index (Phi) is 32.0. The first-order valence-corrected chi connectivity index (χ1v) is 12.1. The number of carbonyl (C=O) groups excluding carboxylic acids is 1. The largest absolute Gasteiger partial charge is 0.481 e. The van der Waals surface area contributed by atoms with Gasteiger partial charge in [0.25, 0.3) is 0 Å². The number of unbranched alkanes of at least 4 members (excludes halogenated alkanes) is 9. The molecule has 0 radical (unpaired) electrons. The number of carbonyl (C=O) groups is 3. The minimum atomic E-state index is -0.949. The van der Waals surface area contributed by atoms with Crippen LogP contribution in [0.3, 0.4) is 0 Å². The molecule has 0 fully saturated rings. The molecular formula is C24H48O8. The molecule has 0 spiro atoms. The maximum Gasteiger partial charge on any atom is 0.305 e. The highest BCUT2D eigenvalue weighted by molar-refractivity contribution is 5.69. The van der Waals surface area contributed by atoms with E-state index < -0.39 is 18.0 Å². The van der Waals surface area contributed by atoms with E-state index in [0.29, 0.717) is 19.3 Å². The van der Waals surface area contributed by atoms with E-state index in [2.05, 4.69) is 20.8 Å². The molecule has 1 atom stereocenters. The zero-order chi connectivity index (χ0) is 25.0. The summed E-state index contributed by atoms with van der Waals surface area (Å²) in [6.07, 6.45) is 12.7. The summed E-state index contributed by atoms with van der Waals surface area (Å²) in [6.45, 7) is 5.85. The van der Waals surface area contributed by atoms with Crippen molar-refractivity contribution in [3.05, 3.63) is 0 Å². The second-order valence-corrected chi connectivity index (χ2v) is 7.74. The van der Waals surface area contributed by atoms with Gasteiger partial charge in [-0.15, -0.1) is 0 Å². The van der Waals surface area contributed by atoms with E-state index in [-0.39, 0.29) is 19.2 Å². The topological polar surface area (TPSA) is 141 Å². The monoisotopic (exact) mass is 464 g/mol. The molecule has 0 amide bonds. The molecule has 0 rings (SSSR count). The molecule has 0 aromatic heterocycles. The van der Waals surface area contributed by atoms with Crippen LogP contribution in [0.5, 0.6) is 0 Å². The second-order valence-electron chi connectivity index (χ2n) is 7.74. The number of hydrogen-bond donors (Lipinski definition) is 4. The maximum absolute atomic E-state index is 11.0. The van der Waals surface area contributed by atoms with Gasteiger partial charge in [-0.05, 0) is 19.3 Å². The minimum absolute atomic E-state index is 0.108. The number of carboxylic acid groups (broad SMARTS) is 2. The van der Waals surface area contributed by atoms with Crippen molar-refractivity contribution in [3.63, 3.8) is 0 Å². The molecule has 32 heavy (non-hydrogen) atoms. The Labute approximate surface area is 194 Å². The van der Waals surface area contributed by atoms with Crippen LogP contribution in [0.1, 0.15) is 117 Å². The summed E-state index contributed by atoms with van der Waals surface area (Å²) in [4.78, 5) is 30.9. The Bertz CT molecular complexity index is 404. The number of aliphatic hydroxyl groups is 2. The van der Waals surface area contributed by atoms with Crippen molar-refractivity contribution < 1.29 is 39.5 Å². The van der Waals surface area contributed by atoms with E-state index >= 15 is 0 Å². The van der Waals surface area contributed by atoms with Gasteiger partial charge in [0, 0.05) is 19.3 Å². The van der Waals surface area contributed by atoms with Crippen LogP contribution < -0.4 is 0 Å². The van der Waals surface area contributed by atoms with Gasteiger partial charge in [-0.1, -0.05) is 78.6 Å². The Hall–Kier alpha value is -1.67. The van der Waals surface area contributed by atoms with E-state index in [4.69, 9.17) is 25.2 Å². The van der Waals surface area contributed by atoms with Crippen LogP contribution >= 0.6 is 0 Å². The quantitative estimate of drug-likeness (QED) is 0.165. The van der Waals surface area contributed by atoms with Gasteiger partial charge in [-0.25, -0.2) is 0 Å². The lowest BCUT2D eigenvalue weighted by Gasteiger charge is -2.07. The smallest absolute Gasteiger partial charge is 0.305 e. The summed E-state index contributed by atoms with van der Waals surface area (Å²) in [6, 6.07) is 0. The van der Waals surface area contributed by atoms with Gasteiger partial charge in [0.2, 0.25) is 0 Å². The first-order valence-electron chi connectivity index (χ1n) is 12.1. The minimum Gasteiger partial charge on any atom is -0.481 e. The molecule has 0 aromatic rings. The third-order valence-corrected chi connectivity index (χ3v) is 4.37. The summed E-state index contributed by atoms with van der Waals surface area (Å²) in [7, 11) is 0. The van der Waals surface area contributed by atoms with Gasteiger partial charge in [0.1, 0.15) is 12.7 Å². The van der Waals surface area contributed by atoms with Crippen LogP contribution in [0.25, 0.3) is 0 Å². The van der Waals surface area contributed by atoms with Crippen molar-refractivity contribution in [2.45, 2.75) is 123 Å². The Balaban J connectivity index is -0.000000411. The van der Waals surface area contributed by atoms with Gasteiger partial charge in [-0.2, -0.15) is 0 Å². The van der Waals surface area contributed by atoms with Crippen LogP contribution in [0, 0.1) is 0 Å². The molecule has 8 heteroatoms. The lowest BCUT2D eigenvalue weighted by molar-refractivity contribution is -0.147. The van der Waals surface area contributed by atoms with Crippen molar-refractivity contribution in [1.29, 1.82) is 0 Å². The molecule has 0 heterocycles. The van der Waals surface area contributed by atoms with Gasteiger partial charge >= 0.3 is 17.9 Å². The molecule has 8 nitrogen and oxygen atoms in total. The van der Waals surface area contributed by atoms with E-state index in [1.165, 1.54) is 12.8 Å². The normalized spacial score (nSPS) is 10.8. The summed E-state index contributed by atoms with van der Waals surface area (Å²) in [5.41, 5.74) is 0. The lowest BCUT2D eigenvalue weighted by atomic mass is 10.2. The van der Waals surface area contributed by atoms with Gasteiger partial charge in [0.05, 0.1) is 6.61 Å². The zero-order valence-corrected chi connectivity index (χ0v) is 20.5. The van der Waals surface area contributed by atoms with Crippen molar-refractivity contribution in [3.8, 4) is 0 Å². The Morgan fingerprint density at radius 1 is 0.656 bits per heavy atom. The van der Waals surface area contributed by atoms with Crippen molar-refractivity contribution in [2.75, 3.05) is 13.2 Å². The van der Waals surface area contributed by atoms with Crippen LogP contribution in [0.2, 0.25) is 0 Å². The van der Waals surface area contributed by atoms with Crippen molar-refractivity contribution >= 4 is 17.9 Å². The second kappa shape index (κ2) is 29.3. The van der Waals surface area contributed by atoms with E-state index in [0.717, 1.165) is 64.2 Å². The highest BCUT2D eigenvalue weighted by Gasteiger charge is 2.06. The molecule has 0 aliphatic heterocycles. The number of hydrogen-bond acceptors (Lipinski definition) is 6. The molecule has 0 saturated heterocycles. The fourth-order valence-corrected chi connectivity index (χ4v) is 2.42. The molecule has 0 aliphatic carbocycles. The molecule has 0 aromatic carbocycles. The third-order valence-electron chi connectivity index (χ3n) is 4.37. The number of carboxylic acids is 2. The summed E-state index contributed by atoms with van der Waals surface area (Å²) in [5, 5.41) is 33.8. The number of esters is 1. The Morgan fingerprint density at radius 2 is 1.03 bits per heavy atom. The maximum atomic E-state index is 11.0. The van der Waals surface area contributed by atoms with Gasteiger partial charge < -0.3 is 25.2 Å². The molecule has 0 saturated carbocycles. The fraction of sp³-hybridized carbons (Fsp3) is 0.875. The standard InChI is InChI=1S/C10H20O4.2C7H14O2/c1-2-3-4-5-6-10(13)14-8-9(12)7-11;2*1-2-3-4-5-6-7(8)9/h9,11-12H,2-8H2,1H3;2*2-6H2,1H3,(H,8,9). The van der Waals surface area contributed by atoms with Crippen molar-refractivity contribution in [2.24, 2.45) is 0 Å². The zero-order valence-electron chi connectivity index (χ0n) is 20.5. The average molecular weight is 465 g/mol. The molecule has 0 bridgehead atoms. The fourth-order valence-electron chi connectivity index (χ4n) is 2.42. The van der Waals surface area contributed by atoms with Crippen LogP contribution in [0.15, 0.2) is 0 Å². The van der Waals surface area contributed by atoms with Gasteiger partial charge in [0.15, 0.2) is 0 Å². The summed E-state index contributed by atoms with van der Waals surface area (Å²) in [5.74, 6) is -1.65. The predicted molar refractivity (Wildman–Crippen MR) is 126 cm³/mol. The SMILES string of the molecule is CCCCCCC(=O)O.CCCCCCC(=O)O.CCCCCCC(=O)OCC(O)CO. The van der Waals surface area contributed by atoms with E-state index in [9.17, 15) is 14.4 Å². The number of rotatable bonds is 18. The third kappa shape index (κ3) is 38.9. The average Bonchev–Trinajstić information content (AvgIpc) is 2.76. The summed E-state index contributed by atoms with van der Waals surface area (Å²) < 4.78 is 4.73. The Morgan fingerprint density at radius 3 is 1.34 bits per heavy atom. The molecule has 4 N–H and O–H groups in total. The number of aliphatic carboxylic acids is 2. The van der Waals surface area contributed by atoms with Gasteiger partial charge in [-0.3, -0.25) is 14.4 Å². The van der Waals surface area contributed by atoms with Crippen LogP contribution in [0.4, 0.5) is 0 Å². The first kappa shape index (κ1) is 34.9. The van der Waals surface area contributed by atoms with Crippen LogP contribution in [-0.2, 0) is 19.1 Å². The molecule has 192 valence electrons. The number of ether oxygens (including phenoxy) is 1. The highest BCUT2D eigenvalue weighted by Crippen LogP contribution is 2.04. The number of aliphatic hydroxyl groups excluding tert-OH is 2. The highest BCUT2D eigenvalue weighted by atomic mass is 16.5. The van der Waals surface area contributed by atoms with E-state index in [1.54, 1.807) is 0 Å². The first-order chi connectivity index (χ1) is 15.2. The lowest BCUT2D eigenvalue weighted by Crippen LogP contribution is -2.21.